The second-order valence-corrected chi connectivity index (χ2v) is 5.39. The van der Waals surface area contributed by atoms with Crippen molar-refractivity contribution in [2.45, 2.75) is 32.6 Å². The lowest BCUT2D eigenvalue weighted by Gasteiger charge is -2.38. The van der Waals surface area contributed by atoms with Crippen molar-refractivity contribution in [3.05, 3.63) is 0 Å². The van der Waals surface area contributed by atoms with Crippen molar-refractivity contribution in [3.63, 3.8) is 0 Å². The average Bonchev–Trinajstić information content (AvgIpc) is 2.72. The highest BCUT2D eigenvalue weighted by molar-refractivity contribution is 5.80. The lowest BCUT2D eigenvalue weighted by molar-refractivity contribution is -0.138. The molecule has 102 valence electrons. The molecule has 2 heterocycles. The molecule has 5 nitrogen and oxygen atoms in total. The summed E-state index contributed by atoms with van der Waals surface area (Å²) >= 11 is 0. The lowest BCUT2D eigenvalue weighted by Crippen LogP contribution is -2.45. The van der Waals surface area contributed by atoms with Crippen LogP contribution in [0.1, 0.15) is 32.6 Å². The summed E-state index contributed by atoms with van der Waals surface area (Å²) < 4.78 is 5.27. The predicted molar refractivity (Wildman–Crippen MR) is 67.0 cm³/mol. The van der Waals surface area contributed by atoms with Crippen molar-refractivity contribution in [2.75, 3.05) is 32.8 Å². The van der Waals surface area contributed by atoms with E-state index >= 15 is 0 Å². The van der Waals surface area contributed by atoms with Gasteiger partial charge in [-0.25, -0.2) is 0 Å². The van der Waals surface area contributed by atoms with Crippen molar-refractivity contribution in [1.82, 2.24) is 10.2 Å². The van der Waals surface area contributed by atoms with E-state index in [1.54, 1.807) is 0 Å². The van der Waals surface area contributed by atoms with Gasteiger partial charge in [0.05, 0.1) is 0 Å². The first kappa shape index (κ1) is 13.3. The smallest absolute Gasteiger partial charge is 0.248 e. The molecule has 2 fully saturated rings. The van der Waals surface area contributed by atoms with Gasteiger partial charge in [0.15, 0.2) is 0 Å². The van der Waals surface area contributed by atoms with E-state index in [2.05, 4.69) is 5.32 Å². The maximum Gasteiger partial charge on any atom is 0.248 e. The van der Waals surface area contributed by atoms with Crippen LogP contribution in [0, 0.1) is 5.41 Å². The predicted octanol–water partition coefficient (Wildman–Crippen LogP) is 0.542. The summed E-state index contributed by atoms with van der Waals surface area (Å²) in [6.07, 6.45) is 3.40. The van der Waals surface area contributed by atoms with Crippen LogP contribution < -0.4 is 5.32 Å². The second kappa shape index (κ2) is 5.69. The third kappa shape index (κ3) is 3.02. The largest absolute Gasteiger partial charge is 0.372 e. The molecule has 0 aromatic rings. The minimum absolute atomic E-state index is 0.0792. The average molecular weight is 254 g/mol. The van der Waals surface area contributed by atoms with E-state index in [0.29, 0.717) is 13.0 Å². The van der Waals surface area contributed by atoms with Crippen molar-refractivity contribution in [3.8, 4) is 0 Å². The van der Waals surface area contributed by atoms with Crippen molar-refractivity contribution in [1.29, 1.82) is 0 Å². The number of piperidine rings is 1. The molecule has 0 saturated carbocycles. The molecule has 1 spiro atoms. The van der Waals surface area contributed by atoms with Crippen LogP contribution in [0.15, 0.2) is 0 Å². The number of nitrogens with one attached hydrogen (secondary N) is 1. The Morgan fingerprint density at radius 2 is 2.17 bits per heavy atom. The fraction of sp³-hybridized carbons (Fsp3) is 0.846. The number of ether oxygens (including phenoxy) is 1. The summed E-state index contributed by atoms with van der Waals surface area (Å²) in [6, 6.07) is 0. The van der Waals surface area contributed by atoms with Gasteiger partial charge in [-0.3, -0.25) is 9.59 Å². The van der Waals surface area contributed by atoms with Crippen LogP contribution in [-0.2, 0) is 14.3 Å². The van der Waals surface area contributed by atoms with Crippen LogP contribution in [-0.4, -0.2) is 49.6 Å². The molecule has 0 radical (unpaired) electrons. The maximum atomic E-state index is 11.9. The van der Waals surface area contributed by atoms with Crippen LogP contribution in [0.4, 0.5) is 0 Å². The molecule has 2 aliphatic heterocycles. The van der Waals surface area contributed by atoms with Gasteiger partial charge < -0.3 is 15.0 Å². The van der Waals surface area contributed by atoms with Gasteiger partial charge in [-0.1, -0.05) is 6.92 Å². The number of amides is 2. The Morgan fingerprint density at radius 1 is 1.44 bits per heavy atom. The molecule has 0 atom stereocenters. The van der Waals surface area contributed by atoms with Crippen molar-refractivity contribution >= 4 is 11.8 Å². The number of hydrogen-bond acceptors (Lipinski definition) is 3. The molecule has 0 aromatic heterocycles. The van der Waals surface area contributed by atoms with Crippen LogP contribution in [0.3, 0.4) is 0 Å². The van der Waals surface area contributed by atoms with E-state index in [1.165, 1.54) is 0 Å². The van der Waals surface area contributed by atoms with E-state index in [9.17, 15) is 9.59 Å². The van der Waals surface area contributed by atoms with Crippen molar-refractivity contribution in [2.24, 2.45) is 5.41 Å². The highest BCUT2D eigenvalue weighted by atomic mass is 16.5. The highest BCUT2D eigenvalue weighted by Gasteiger charge is 2.41. The van der Waals surface area contributed by atoms with Gasteiger partial charge in [-0.05, 0) is 24.7 Å². The zero-order chi connectivity index (χ0) is 13.0. The van der Waals surface area contributed by atoms with Gasteiger partial charge in [-0.2, -0.15) is 0 Å². The normalized spacial score (nSPS) is 22.3. The molecule has 18 heavy (non-hydrogen) atoms. The second-order valence-electron chi connectivity index (χ2n) is 5.39. The van der Waals surface area contributed by atoms with E-state index in [4.69, 9.17) is 4.74 Å². The molecular formula is C13H22N2O3. The van der Waals surface area contributed by atoms with E-state index < -0.39 is 0 Å². The molecule has 5 heteroatoms. The van der Waals surface area contributed by atoms with Gasteiger partial charge in [0.1, 0.15) is 6.61 Å². The number of carbonyl (C=O) groups excluding carboxylic acids is 2. The third-order valence-corrected chi connectivity index (χ3v) is 3.95. The minimum atomic E-state index is 0.0792. The Balaban J connectivity index is 1.76. The number of rotatable bonds is 4. The van der Waals surface area contributed by atoms with Crippen LogP contribution in [0.2, 0.25) is 0 Å². The van der Waals surface area contributed by atoms with Crippen molar-refractivity contribution < 1.29 is 14.3 Å². The fourth-order valence-electron chi connectivity index (χ4n) is 2.73. The highest BCUT2D eigenvalue weighted by Crippen LogP contribution is 2.37. The number of carbonyl (C=O) groups is 2. The first-order valence-corrected chi connectivity index (χ1v) is 6.77. The van der Waals surface area contributed by atoms with Crippen LogP contribution >= 0.6 is 0 Å². The first-order chi connectivity index (χ1) is 8.65. The van der Waals surface area contributed by atoms with Crippen LogP contribution in [0.25, 0.3) is 0 Å². The van der Waals surface area contributed by atoms with E-state index in [-0.39, 0.29) is 23.8 Å². The summed E-state index contributed by atoms with van der Waals surface area (Å²) in [7, 11) is 0. The Labute approximate surface area is 108 Å². The van der Waals surface area contributed by atoms with Gasteiger partial charge in [-0.15, -0.1) is 0 Å². The Hall–Kier alpha value is -1.10. The first-order valence-electron chi connectivity index (χ1n) is 6.77. The summed E-state index contributed by atoms with van der Waals surface area (Å²) in [6.45, 7) is 5.14. The standard InChI is InChI=1S/C13H22N2O3/c1-2-7-18-9-12(17)15-5-3-13(4-6-15)8-11(16)14-10-13/h2-10H2,1H3,(H,14,16). The lowest BCUT2D eigenvalue weighted by atomic mass is 9.77. The Bertz CT molecular complexity index is 322. The summed E-state index contributed by atoms with van der Waals surface area (Å²) in [4.78, 5) is 25.0. The van der Waals surface area contributed by atoms with E-state index in [1.807, 2.05) is 11.8 Å². The maximum absolute atomic E-state index is 11.9. The molecule has 2 aliphatic rings. The summed E-state index contributed by atoms with van der Waals surface area (Å²) in [5.74, 6) is 0.233. The molecule has 0 aliphatic carbocycles. The Kier molecular flexibility index (Phi) is 4.22. The molecule has 0 aromatic carbocycles. The Morgan fingerprint density at radius 3 is 2.72 bits per heavy atom. The van der Waals surface area contributed by atoms with Gasteiger partial charge in [0, 0.05) is 32.7 Å². The number of nitrogens with zero attached hydrogens (tertiary/aromatic N) is 1. The monoisotopic (exact) mass is 254 g/mol. The molecule has 2 saturated heterocycles. The molecule has 0 bridgehead atoms. The molecule has 2 amide bonds. The number of hydrogen-bond donors (Lipinski definition) is 1. The fourth-order valence-corrected chi connectivity index (χ4v) is 2.73. The van der Waals surface area contributed by atoms with Gasteiger partial charge in [0.2, 0.25) is 11.8 Å². The molecule has 0 unspecified atom stereocenters. The van der Waals surface area contributed by atoms with Gasteiger partial charge >= 0.3 is 0 Å². The summed E-state index contributed by atoms with van der Waals surface area (Å²) in [5.41, 5.74) is 0.109. The molecular weight excluding hydrogens is 232 g/mol. The zero-order valence-corrected chi connectivity index (χ0v) is 11.0. The van der Waals surface area contributed by atoms with Crippen LogP contribution in [0.5, 0.6) is 0 Å². The van der Waals surface area contributed by atoms with E-state index in [0.717, 1.165) is 38.9 Å². The number of likely N-dealkylation sites (tertiary alicyclic amines) is 1. The molecule has 2 rings (SSSR count). The molecule has 1 N–H and O–H groups in total. The zero-order valence-electron chi connectivity index (χ0n) is 11.0. The topological polar surface area (TPSA) is 58.6 Å². The van der Waals surface area contributed by atoms with Gasteiger partial charge in [0.25, 0.3) is 0 Å². The quantitative estimate of drug-likeness (QED) is 0.745. The minimum Gasteiger partial charge on any atom is -0.372 e. The SMILES string of the molecule is CCCOCC(=O)N1CCC2(CC1)CNC(=O)C2. The third-order valence-electron chi connectivity index (χ3n) is 3.95. The summed E-state index contributed by atoms with van der Waals surface area (Å²) in [5, 5.41) is 2.90.